The molecule has 0 aliphatic carbocycles. The summed E-state index contributed by atoms with van der Waals surface area (Å²) in [7, 11) is 0. The van der Waals surface area contributed by atoms with Crippen LogP contribution in [0.5, 0.6) is 0 Å². The van der Waals surface area contributed by atoms with Crippen molar-refractivity contribution >= 4 is 0 Å². The number of rotatable bonds is 27. The fourth-order valence-electron chi connectivity index (χ4n) is 5.72. The van der Waals surface area contributed by atoms with E-state index in [2.05, 4.69) is 43.0 Å². The van der Waals surface area contributed by atoms with Gasteiger partial charge in [-0.05, 0) is 25.7 Å². The second-order valence-corrected chi connectivity index (χ2v) is 11.5. The summed E-state index contributed by atoms with van der Waals surface area (Å²) in [5.74, 6) is 0. The topological polar surface area (TPSA) is 6.48 Å². The Labute approximate surface area is 222 Å². The maximum Gasteiger partial charge on any atom is 0.101 e. The number of hydrogen-bond acceptors (Lipinski definition) is 2. The van der Waals surface area contributed by atoms with Crippen molar-refractivity contribution in [2.45, 2.75) is 187 Å². The Morgan fingerprint density at radius 1 is 0.371 bits per heavy atom. The lowest BCUT2D eigenvalue weighted by molar-refractivity contribution is 0.137. The smallest absolute Gasteiger partial charge is 0.101 e. The van der Waals surface area contributed by atoms with Gasteiger partial charge in [-0.1, -0.05) is 156 Å². The van der Waals surface area contributed by atoms with E-state index in [1.807, 2.05) is 0 Å². The summed E-state index contributed by atoms with van der Waals surface area (Å²) in [6.07, 6.45) is 41.1. The van der Waals surface area contributed by atoms with Crippen LogP contribution >= 0.6 is 0 Å². The van der Waals surface area contributed by atoms with Gasteiger partial charge in [-0.25, -0.2) is 0 Å². The van der Waals surface area contributed by atoms with E-state index in [1.165, 1.54) is 174 Å². The van der Waals surface area contributed by atoms with Crippen molar-refractivity contribution in [2.24, 2.45) is 0 Å². The van der Waals surface area contributed by atoms with Crippen molar-refractivity contribution in [2.75, 3.05) is 13.1 Å². The summed E-state index contributed by atoms with van der Waals surface area (Å²) in [6.45, 7) is 9.41. The van der Waals surface area contributed by atoms with E-state index in [0.29, 0.717) is 6.17 Å². The van der Waals surface area contributed by atoms with Crippen LogP contribution in [-0.2, 0) is 0 Å². The van der Waals surface area contributed by atoms with Gasteiger partial charge in [-0.3, -0.25) is 0 Å². The first-order valence-electron chi connectivity index (χ1n) is 16.5. The second-order valence-electron chi connectivity index (χ2n) is 11.5. The van der Waals surface area contributed by atoms with E-state index in [1.54, 1.807) is 0 Å². The van der Waals surface area contributed by atoms with Crippen molar-refractivity contribution in [3.8, 4) is 0 Å². The van der Waals surface area contributed by atoms with Crippen molar-refractivity contribution in [1.82, 2.24) is 9.80 Å². The lowest BCUT2D eigenvalue weighted by atomic mass is 10.0. The van der Waals surface area contributed by atoms with Gasteiger partial charge >= 0.3 is 0 Å². The minimum absolute atomic E-state index is 0.640. The first kappa shape index (κ1) is 32.4. The van der Waals surface area contributed by atoms with Crippen LogP contribution in [0.4, 0.5) is 0 Å². The first-order chi connectivity index (χ1) is 17.3. The molecule has 1 aliphatic rings. The van der Waals surface area contributed by atoms with E-state index in [4.69, 9.17) is 0 Å². The molecule has 0 saturated heterocycles. The minimum atomic E-state index is 0.640. The van der Waals surface area contributed by atoms with Crippen molar-refractivity contribution < 1.29 is 0 Å². The van der Waals surface area contributed by atoms with Gasteiger partial charge in [0.25, 0.3) is 0 Å². The van der Waals surface area contributed by atoms with E-state index < -0.39 is 0 Å². The van der Waals surface area contributed by atoms with Crippen LogP contribution < -0.4 is 0 Å². The lowest BCUT2D eigenvalue weighted by Gasteiger charge is -2.33. The molecule has 1 unspecified atom stereocenters. The predicted molar refractivity (Wildman–Crippen MR) is 159 cm³/mol. The van der Waals surface area contributed by atoms with E-state index in [9.17, 15) is 0 Å². The van der Waals surface area contributed by atoms with Crippen LogP contribution in [0.1, 0.15) is 181 Å². The van der Waals surface area contributed by atoms with Crippen LogP contribution in [0.2, 0.25) is 0 Å². The van der Waals surface area contributed by atoms with Crippen molar-refractivity contribution in [3.63, 3.8) is 0 Å². The molecule has 2 nitrogen and oxygen atoms in total. The summed E-state index contributed by atoms with van der Waals surface area (Å²) in [4.78, 5) is 5.29. The van der Waals surface area contributed by atoms with Gasteiger partial charge in [0, 0.05) is 25.5 Å². The maximum atomic E-state index is 2.67. The monoisotopic (exact) mass is 491 g/mol. The Bertz CT molecular complexity index is 446. The molecule has 1 heterocycles. The van der Waals surface area contributed by atoms with Gasteiger partial charge in [0.1, 0.15) is 6.17 Å². The highest BCUT2D eigenvalue weighted by Gasteiger charge is 2.24. The van der Waals surface area contributed by atoms with Gasteiger partial charge in [-0.2, -0.15) is 0 Å². The summed E-state index contributed by atoms with van der Waals surface area (Å²) in [5, 5.41) is 0. The third-order valence-corrected chi connectivity index (χ3v) is 8.03. The van der Waals surface area contributed by atoms with Crippen LogP contribution in [0.25, 0.3) is 0 Å². The molecule has 1 aliphatic heterocycles. The molecule has 0 amide bonds. The molecule has 0 bridgehead atoms. The summed E-state index contributed by atoms with van der Waals surface area (Å²) >= 11 is 0. The molecule has 2 heteroatoms. The summed E-state index contributed by atoms with van der Waals surface area (Å²) in [6, 6.07) is 0. The molecule has 0 aromatic carbocycles. The molecule has 35 heavy (non-hydrogen) atoms. The predicted octanol–water partition coefficient (Wildman–Crippen LogP) is 11.2. The Hall–Kier alpha value is -0.660. The molecule has 0 spiro atoms. The molecule has 0 saturated carbocycles. The van der Waals surface area contributed by atoms with E-state index in [0.717, 1.165) is 0 Å². The zero-order valence-electron chi connectivity index (χ0n) is 24.7. The van der Waals surface area contributed by atoms with Crippen LogP contribution in [-0.4, -0.2) is 29.1 Å². The molecule has 0 N–H and O–H groups in total. The molecule has 0 radical (unpaired) electrons. The van der Waals surface area contributed by atoms with Gasteiger partial charge < -0.3 is 9.80 Å². The van der Waals surface area contributed by atoms with Crippen LogP contribution in [0.15, 0.2) is 12.4 Å². The minimum Gasteiger partial charge on any atom is -0.356 e. The van der Waals surface area contributed by atoms with Crippen LogP contribution in [0, 0.1) is 0 Å². The molecular formula is C33H66N2. The first-order valence-corrected chi connectivity index (χ1v) is 16.5. The number of nitrogens with zero attached hydrogens (tertiary/aromatic N) is 2. The maximum absolute atomic E-state index is 2.67. The molecule has 0 aromatic heterocycles. The lowest BCUT2D eigenvalue weighted by Crippen LogP contribution is -2.39. The van der Waals surface area contributed by atoms with Gasteiger partial charge in [-0.15, -0.1) is 0 Å². The molecule has 0 aromatic rings. The van der Waals surface area contributed by atoms with E-state index >= 15 is 0 Å². The standard InChI is InChI=1S/C33H66N2/c1-4-7-9-11-13-15-17-18-19-20-22-24-26-28-33-34(29-6-3)31-32-35(33)30-27-25-23-21-16-14-12-10-8-5-2/h31-33H,4-30H2,1-3H3. The second kappa shape index (κ2) is 25.0. The van der Waals surface area contributed by atoms with Gasteiger partial charge in [0.2, 0.25) is 0 Å². The highest BCUT2D eigenvalue weighted by atomic mass is 15.4. The Morgan fingerprint density at radius 2 is 0.714 bits per heavy atom. The third-order valence-electron chi connectivity index (χ3n) is 8.03. The van der Waals surface area contributed by atoms with Gasteiger partial charge in [0.15, 0.2) is 0 Å². The highest BCUT2D eigenvalue weighted by molar-refractivity contribution is 4.96. The zero-order valence-corrected chi connectivity index (χ0v) is 24.7. The van der Waals surface area contributed by atoms with Gasteiger partial charge in [0.05, 0.1) is 0 Å². The fraction of sp³-hybridized carbons (Fsp3) is 0.939. The molecular weight excluding hydrogens is 424 g/mol. The quantitative estimate of drug-likeness (QED) is 0.106. The normalized spacial score (nSPS) is 15.6. The third kappa shape index (κ3) is 18.3. The van der Waals surface area contributed by atoms with Crippen LogP contribution in [0.3, 0.4) is 0 Å². The Balaban J connectivity index is 2.04. The average molecular weight is 491 g/mol. The SMILES string of the molecule is CCCCCCCCCCCCCCCC1N(CCC)C=CN1CCCCCCCCCCCC. The summed E-state index contributed by atoms with van der Waals surface area (Å²) in [5.41, 5.74) is 0. The fourth-order valence-corrected chi connectivity index (χ4v) is 5.72. The molecule has 1 atom stereocenters. The summed E-state index contributed by atoms with van der Waals surface area (Å²) < 4.78 is 0. The van der Waals surface area contributed by atoms with Crippen molar-refractivity contribution in [1.29, 1.82) is 0 Å². The van der Waals surface area contributed by atoms with E-state index in [-0.39, 0.29) is 0 Å². The molecule has 0 fully saturated rings. The molecule has 1 rings (SSSR count). The Morgan fingerprint density at radius 3 is 1.11 bits per heavy atom. The average Bonchev–Trinajstić information content (AvgIpc) is 3.24. The van der Waals surface area contributed by atoms with Crippen molar-refractivity contribution in [3.05, 3.63) is 12.4 Å². The zero-order chi connectivity index (χ0) is 25.2. The number of unbranched alkanes of at least 4 members (excludes halogenated alkanes) is 21. The number of hydrogen-bond donors (Lipinski definition) is 0. The Kier molecular flexibility index (Phi) is 23.1. The molecule has 208 valence electrons. The largest absolute Gasteiger partial charge is 0.356 e. The highest BCUT2D eigenvalue weighted by Crippen LogP contribution is 2.23.